The maximum absolute atomic E-state index is 16.5. The molecule has 6 rings (SSSR count). The van der Waals surface area contributed by atoms with E-state index < -0.39 is 17.7 Å². The number of benzene rings is 2. The SMILES string of the molecule is CC(C)N(C)[C@H]1CN(c2ncc3c4c(c(-c5c(F)ccc6sc(N)c(C#N)c56)c(F)c3n2)COC4)C[C@@H]1O. The van der Waals surface area contributed by atoms with Crippen LogP contribution in [0.4, 0.5) is 19.7 Å². The Bertz CT molecular complexity index is 1650. The molecule has 0 unspecified atom stereocenters. The van der Waals surface area contributed by atoms with Gasteiger partial charge in [0.2, 0.25) is 5.95 Å². The summed E-state index contributed by atoms with van der Waals surface area (Å²) in [6.07, 6.45) is 0.958. The Morgan fingerprint density at radius 1 is 1.24 bits per heavy atom. The molecule has 2 aromatic heterocycles. The highest BCUT2D eigenvalue weighted by atomic mass is 32.1. The number of aliphatic hydroxyl groups excluding tert-OH is 1. The van der Waals surface area contributed by atoms with Crippen molar-refractivity contribution in [3.05, 3.63) is 46.7 Å². The zero-order chi connectivity index (χ0) is 26.9. The van der Waals surface area contributed by atoms with Crippen LogP contribution in [0.3, 0.4) is 0 Å². The molecule has 8 nitrogen and oxygen atoms in total. The number of nitrogens with two attached hydrogens (primary N) is 1. The number of likely N-dealkylation sites (N-methyl/N-ethyl adjacent to an activating group) is 1. The Kier molecular flexibility index (Phi) is 5.96. The summed E-state index contributed by atoms with van der Waals surface area (Å²) in [7, 11) is 1.96. The fourth-order valence-corrected chi connectivity index (χ4v) is 6.50. The van der Waals surface area contributed by atoms with Crippen LogP contribution in [0.15, 0.2) is 18.3 Å². The van der Waals surface area contributed by atoms with Crippen molar-refractivity contribution in [3.63, 3.8) is 0 Å². The van der Waals surface area contributed by atoms with Crippen molar-refractivity contribution in [2.75, 3.05) is 30.8 Å². The summed E-state index contributed by atoms with van der Waals surface area (Å²) in [5.74, 6) is -1.07. The highest BCUT2D eigenvalue weighted by Crippen LogP contribution is 2.46. The fraction of sp³-hybridized carbons (Fsp3) is 0.370. The lowest BCUT2D eigenvalue weighted by Crippen LogP contribution is -2.44. The van der Waals surface area contributed by atoms with Gasteiger partial charge < -0.3 is 20.5 Å². The van der Waals surface area contributed by atoms with Gasteiger partial charge >= 0.3 is 0 Å². The smallest absolute Gasteiger partial charge is 0.226 e. The van der Waals surface area contributed by atoms with Crippen molar-refractivity contribution in [2.24, 2.45) is 0 Å². The minimum Gasteiger partial charge on any atom is -0.390 e. The summed E-state index contributed by atoms with van der Waals surface area (Å²) in [4.78, 5) is 13.0. The third-order valence-corrected chi connectivity index (χ3v) is 8.75. The summed E-state index contributed by atoms with van der Waals surface area (Å²) in [5.41, 5.74) is 7.46. The van der Waals surface area contributed by atoms with E-state index in [9.17, 15) is 10.4 Å². The van der Waals surface area contributed by atoms with E-state index in [1.165, 1.54) is 6.07 Å². The van der Waals surface area contributed by atoms with Gasteiger partial charge in [-0.25, -0.2) is 18.7 Å². The zero-order valence-corrected chi connectivity index (χ0v) is 21.9. The predicted octanol–water partition coefficient (Wildman–Crippen LogP) is 4.16. The number of β-amino-alcohol motifs (C(OH)–C–C–N with tert-alkyl or cyclic N) is 1. The molecule has 0 saturated carbocycles. The van der Waals surface area contributed by atoms with Gasteiger partial charge in [0.25, 0.3) is 0 Å². The number of nitriles is 1. The topological polar surface area (TPSA) is 112 Å². The molecule has 2 aliphatic rings. The van der Waals surface area contributed by atoms with Crippen molar-refractivity contribution in [1.82, 2.24) is 14.9 Å². The lowest BCUT2D eigenvalue weighted by atomic mass is 9.90. The number of ether oxygens (including phenoxy) is 1. The molecule has 1 fully saturated rings. The number of rotatable bonds is 4. The van der Waals surface area contributed by atoms with Crippen molar-refractivity contribution in [3.8, 4) is 17.2 Å². The number of anilines is 2. The van der Waals surface area contributed by atoms with Crippen molar-refractivity contribution in [1.29, 1.82) is 5.26 Å². The average molecular weight is 537 g/mol. The number of halogens is 2. The van der Waals surface area contributed by atoms with Crippen LogP contribution in [-0.4, -0.2) is 58.3 Å². The predicted molar refractivity (Wildman–Crippen MR) is 143 cm³/mol. The number of hydrogen-bond donors (Lipinski definition) is 2. The first kappa shape index (κ1) is 24.9. The normalized spacial score (nSPS) is 19.3. The van der Waals surface area contributed by atoms with Crippen LogP contribution < -0.4 is 10.6 Å². The molecular weight excluding hydrogens is 510 g/mol. The lowest BCUT2D eigenvalue weighted by Gasteiger charge is -2.29. The summed E-state index contributed by atoms with van der Waals surface area (Å²) >= 11 is 1.16. The number of fused-ring (bicyclic) bond motifs is 4. The molecular formula is C27H26F2N6O2S. The molecule has 0 aliphatic carbocycles. The van der Waals surface area contributed by atoms with Crippen LogP contribution in [0, 0.1) is 23.0 Å². The van der Waals surface area contributed by atoms with Crippen molar-refractivity contribution in [2.45, 2.75) is 45.2 Å². The Labute approximate surface area is 221 Å². The van der Waals surface area contributed by atoms with Gasteiger partial charge in [-0.2, -0.15) is 5.26 Å². The molecule has 2 atom stereocenters. The molecule has 196 valence electrons. The minimum absolute atomic E-state index is 0.0106. The second-order valence-corrected chi connectivity index (χ2v) is 11.2. The van der Waals surface area contributed by atoms with Crippen LogP contribution >= 0.6 is 11.3 Å². The van der Waals surface area contributed by atoms with E-state index in [-0.39, 0.29) is 58.5 Å². The lowest BCUT2D eigenvalue weighted by molar-refractivity contribution is 0.0823. The Hall–Kier alpha value is -3.43. The number of hydrogen-bond acceptors (Lipinski definition) is 9. The monoisotopic (exact) mass is 536 g/mol. The number of aliphatic hydroxyl groups is 1. The Morgan fingerprint density at radius 2 is 2.00 bits per heavy atom. The van der Waals surface area contributed by atoms with E-state index >= 15 is 8.78 Å². The molecule has 0 bridgehead atoms. The average Bonchev–Trinajstić information content (AvgIpc) is 3.61. The summed E-state index contributed by atoms with van der Waals surface area (Å²) in [6, 6.07) is 4.99. The van der Waals surface area contributed by atoms with Gasteiger partial charge in [-0.05, 0) is 44.2 Å². The molecule has 0 amide bonds. The molecule has 4 aromatic rings. The van der Waals surface area contributed by atoms with Crippen LogP contribution in [0.2, 0.25) is 0 Å². The van der Waals surface area contributed by atoms with E-state index in [1.54, 1.807) is 12.3 Å². The maximum Gasteiger partial charge on any atom is 0.226 e. The second-order valence-electron chi connectivity index (χ2n) is 10.1. The molecule has 3 N–H and O–H groups in total. The molecule has 1 saturated heterocycles. The first-order valence-electron chi connectivity index (χ1n) is 12.3. The highest BCUT2D eigenvalue weighted by Gasteiger charge is 2.37. The quantitative estimate of drug-likeness (QED) is 0.400. The number of thiophene rings is 1. The van der Waals surface area contributed by atoms with Gasteiger partial charge in [-0.3, -0.25) is 4.90 Å². The van der Waals surface area contributed by atoms with E-state index in [2.05, 4.69) is 34.8 Å². The summed E-state index contributed by atoms with van der Waals surface area (Å²) < 4.78 is 38.3. The third kappa shape index (κ3) is 3.63. The van der Waals surface area contributed by atoms with Gasteiger partial charge in [0.1, 0.15) is 22.4 Å². The summed E-state index contributed by atoms with van der Waals surface area (Å²) in [5, 5.41) is 21.5. The standard InChI is InChI=1S/C27H26F2N6O2S/c1-12(2)34(3)18-8-35(9-19(18)36)27-32-7-14-15-10-37-11-16(15)22(24(29)25(14)33-27)23-17(28)4-5-20-21(23)13(6-30)26(31)38-20/h4-5,7,12,18-19,36H,8-11,31H2,1-3H3/t18-,19-/m0/s1. The van der Waals surface area contributed by atoms with E-state index in [0.717, 1.165) is 11.3 Å². The first-order valence-corrected chi connectivity index (χ1v) is 13.2. The molecule has 0 spiro atoms. The number of nitrogen functional groups attached to an aromatic ring is 1. The molecule has 2 aliphatic heterocycles. The van der Waals surface area contributed by atoms with Gasteiger partial charge in [0.05, 0.1) is 30.9 Å². The Balaban J connectivity index is 1.56. The van der Waals surface area contributed by atoms with Gasteiger partial charge in [-0.15, -0.1) is 11.3 Å². The molecule has 4 heterocycles. The molecule has 38 heavy (non-hydrogen) atoms. The fourth-order valence-electron chi connectivity index (χ4n) is 5.57. The molecule has 2 aromatic carbocycles. The largest absolute Gasteiger partial charge is 0.390 e. The summed E-state index contributed by atoms with van der Waals surface area (Å²) in [6.45, 7) is 5.21. The zero-order valence-electron chi connectivity index (χ0n) is 21.1. The highest BCUT2D eigenvalue weighted by molar-refractivity contribution is 7.23. The Morgan fingerprint density at radius 3 is 2.74 bits per heavy atom. The minimum atomic E-state index is -0.705. The number of aromatic nitrogens is 2. The van der Waals surface area contributed by atoms with E-state index in [4.69, 9.17) is 10.5 Å². The van der Waals surface area contributed by atoms with Gasteiger partial charge in [-0.1, -0.05) is 0 Å². The van der Waals surface area contributed by atoms with Crippen molar-refractivity contribution >= 4 is 43.3 Å². The van der Waals surface area contributed by atoms with Gasteiger partial charge in [0, 0.05) is 51.9 Å². The van der Waals surface area contributed by atoms with Gasteiger partial charge in [0.15, 0.2) is 5.82 Å². The molecule has 0 radical (unpaired) electrons. The van der Waals surface area contributed by atoms with Crippen LogP contribution in [-0.2, 0) is 18.0 Å². The first-order chi connectivity index (χ1) is 18.2. The van der Waals surface area contributed by atoms with Crippen LogP contribution in [0.1, 0.15) is 30.5 Å². The van der Waals surface area contributed by atoms with Crippen LogP contribution in [0.25, 0.3) is 32.1 Å². The van der Waals surface area contributed by atoms with E-state index in [0.29, 0.717) is 39.7 Å². The second kappa shape index (κ2) is 9.10. The maximum atomic E-state index is 16.5. The molecule has 11 heteroatoms. The van der Waals surface area contributed by atoms with Crippen LogP contribution in [0.5, 0.6) is 0 Å². The number of nitrogens with zero attached hydrogens (tertiary/aromatic N) is 5. The van der Waals surface area contributed by atoms with Crippen molar-refractivity contribution < 1.29 is 18.6 Å². The third-order valence-electron chi connectivity index (χ3n) is 7.76. The van der Waals surface area contributed by atoms with E-state index in [1.807, 2.05) is 11.9 Å².